The lowest BCUT2D eigenvalue weighted by molar-refractivity contribution is 0.281. The summed E-state index contributed by atoms with van der Waals surface area (Å²) in [5.41, 5.74) is 6.41. The lowest BCUT2D eigenvalue weighted by Gasteiger charge is -2.11. The number of nitrogen functional groups attached to an aromatic ring is 1. The number of halogens is 1. The van der Waals surface area contributed by atoms with Crippen LogP contribution in [0.3, 0.4) is 0 Å². The number of nitrogens with zero attached hydrogens (tertiary/aromatic N) is 3. The van der Waals surface area contributed by atoms with E-state index in [2.05, 4.69) is 39.9 Å². The van der Waals surface area contributed by atoms with Crippen molar-refractivity contribution < 1.29 is 4.74 Å². The molecule has 0 amide bonds. The Labute approximate surface area is 120 Å². The van der Waals surface area contributed by atoms with Gasteiger partial charge in [0.15, 0.2) is 5.82 Å². The Morgan fingerprint density at radius 1 is 1.42 bits per heavy atom. The molecule has 0 saturated heterocycles. The maximum Gasteiger partial charge on any atom is 0.164 e. The summed E-state index contributed by atoms with van der Waals surface area (Å²) in [5, 5.41) is 4.20. The molecule has 0 spiro atoms. The molecule has 0 atom stereocenters. The van der Waals surface area contributed by atoms with Crippen molar-refractivity contribution in [2.75, 3.05) is 5.73 Å². The normalized spacial score (nSPS) is 10.9. The molecule has 0 aliphatic rings. The highest BCUT2D eigenvalue weighted by Crippen LogP contribution is 2.27. The number of anilines is 1. The SMILES string of the molecule is CC(C)Cn1ncnc1COc1cc(N)ccc1Br. The number of rotatable bonds is 5. The predicted octanol–water partition coefficient (Wildman–Crippen LogP) is 2.86. The third kappa shape index (κ3) is 3.70. The van der Waals surface area contributed by atoms with Crippen molar-refractivity contribution in [3.05, 3.63) is 34.8 Å². The fourth-order valence-corrected chi connectivity index (χ4v) is 2.03. The molecule has 0 unspecified atom stereocenters. The molecule has 1 heterocycles. The van der Waals surface area contributed by atoms with Crippen LogP contribution in [-0.2, 0) is 13.2 Å². The zero-order valence-corrected chi connectivity index (χ0v) is 12.6. The number of benzene rings is 1. The first kappa shape index (κ1) is 13.9. The summed E-state index contributed by atoms with van der Waals surface area (Å²) in [7, 11) is 0. The van der Waals surface area contributed by atoms with E-state index in [4.69, 9.17) is 10.5 Å². The predicted molar refractivity (Wildman–Crippen MR) is 77.7 cm³/mol. The molecule has 2 N–H and O–H groups in total. The molecule has 0 aliphatic heterocycles. The Balaban J connectivity index is 2.06. The first-order valence-corrected chi connectivity index (χ1v) is 6.90. The van der Waals surface area contributed by atoms with E-state index in [1.165, 1.54) is 0 Å². The molecular weight excluding hydrogens is 308 g/mol. The second-order valence-electron chi connectivity index (χ2n) is 4.73. The minimum atomic E-state index is 0.370. The Morgan fingerprint density at radius 3 is 2.95 bits per heavy atom. The minimum Gasteiger partial charge on any atom is -0.484 e. The van der Waals surface area contributed by atoms with Crippen molar-refractivity contribution in [2.24, 2.45) is 5.92 Å². The summed E-state index contributed by atoms with van der Waals surface area (Å²) in [6.07, 6.45) is 1.55. The van der Waals surface area contributed by atoms with Crippen LogP contribution < -0.4 is 10.5 Å². The number of ether oxygens (including phenoxy) is 1. The highest BCUT2D eigenvalue weighted by atomic mass is 79.9. The van der Waals surface area contributed by atoms with Gasteiger partial charge in [-0.15, -0.1) is 0 Å². The Morgan fingerprint density at radius 2 is 2.21 bits per heavy atom. The summed E-state index contributed by atoms with van der Waals surface area (Å²) in [6, 6.07) is 5.47. The van der Waals surface area contributed by atoms with Gasteiger partial charge in [-0.25, -0.2) is 9.67 Å². The van der Waals surface area contributed by atoms with Crippen LogP contribution in [0.1, 0.15) is 19.7 Å². The fourth-order valence-electron chi connectivity index (χ4n) is 1.67. The molecule has 6 heteroatoms. The molecular formula is C13H17BrN4O. The van der Waals surface area contributed by atoms with Crippen LogP contribution in [0, 0.1) is 5.92 Å². The average Bonchev–Trinajstić information content (AvgIpc) is 2.77. The van der Waals surface area contributed by atoms with Crippen LogP contribution in [0.25, 0.3) is 0 Å². The van der Waals surface area contributed by atoms with Gasteiger partial charge in [0.2, 0.25) is 0 Å². The Hall–Kier alpha value is -1.56. The lowest BCUT2D eigenvalue weighted by Crippen LogP contribution is -2.12. The molecule has 2 aromatic rings. The molecule has 0 aliphatic carbocycles. The molecule has 0 radical (unpaired) electrons. The standard InChI is InChI=1S/C13H17BrN4O/c1-9(2)6-18-13(16-8-17-18)7-19-12-5-10(15)3-4-11(12)14/h3-5,8-9H,6-7,15H2,1-2H3. The highest BCUT2D eigenvalue weighted by Gasteiger charge is 2.08. The van der Waals surface area contributed by atoms with E-state index >= 15 is 0 Å². The van der Waals surface area contributed by atoms with E-state index in [-0.39, 0.29) is 0 Å². The van der Waals surface area contributed by atoms with Gasteiger partial charge in [-0.05, 0) is 34.0 Å². The largest absolute Gasteiger partial charge is 0.484 e. The first-order chi connectivity index (χ1) is 9.06. The van der Waals surface area contributed by atoms with Crippen LogP contribution in [0.2, 0.25) is 0 Å². The lowest BCUT2D eigenvalue weighted by atomic mass is 10.2. The number of hydrogen-bond acceptors (Lipinski definition) is 4. The summed E-state index contributed by atoms with van der Waals surface area (Å²) < 4.78 is 8.47. The second-order valence-corrected chi connectivity index (χ2v) is 5.59. The van der Waals surface area contributed by atoms with Crippen molar-refractivity contribution in [3.8, 4) is 5.75 Å². The summed E-state index contributed by atoms with van der Waals surface area (Å²) >= 11 is 3.43. The van der Waals surface area contributed by atoms with Crippen LogP contribution in [0.5, 0.6) is 5.75 Å². The maximum atomic E-state index is 5.74. The van der Waals surface area contributed by atoms with Gasteiger partial charge >= 0.3 is 0 Å². The van der Waals surface area contributed by atoms with Gasteiger partial charge in [0.05, 0.1) is 4.47 Å². The molecule has 1 aromatic heterocycles. The number of hydrogen-bond donors (Lipinski definition) is 1. The van der Waals surface area contributed by atoms with E-state index in [9.17, 15) is 0 Å². The molecule has 0 fully saturated rings. The van der Waals surface area contributed by atoms with Crippen LogP contribution >= 0.6 is 15.9 Å². The third-order valence-electron chi connectivity index (χ3n) is 2.55. The molecule has 19 heavy (non-hydrogen) atoms. The van der Waals surface area contributed by atoms with Crippen molar-refractivity contribution in [1.29, 1.82) is 0 Å². The first-order valence-electron chi connectivity index (χ1n) is 6.10. The van der Waals surface area contributed by atoms with E-state index < -0.39 is 0 Å². The highest BCUT2D eigenvalue weighted by molar-refractivity contribution is 9.10. The van der Waals surface area contributed by atoms with E-state index in [1.54, 1.807) is 12.4 Å². The number of nitrogens with two attached hydrogens (primary N) is 1. The van der Waals surface area contributed by atoms with E-state index in [0.717, 1.165) is 16.8 Å². The zero-order valence-electron chi connectivity index (χ0n) is 11.0. The van der Waals surface area contributed by atoms with E-state index in [1.807, 2.05) is 16.8 Å². The Kier molecular flexibility index (Phi) is 4.42. The summed E-state index contributed by atoms with van der Waals surface area (Å²) in [4.78, 5) is 4.22. The molecule has 5 nitrogen and oxygen atoms in total. The van der Waals surface area contributed by atoms with Crippen molar-refractivity contribution >= 4 is 21.6 Å². The van der Waals surface area contributed by atoms with Gasteiger partial charge in [-0.3, -0.25) is 0 Å². The van der Waals surface area contributed by atoms with Gasteiger partial charge in [0, 0.05) is 18.3 Å². The molecule has 0 bridgehead atoms. The summed E-state index contributed by atoms with van der Waals surface area (Å²) in [5.74, 6) is 2.03. The molecule has 1 aromatic carbocycles. The van der Waals surface area contributed by atoms with Gasteiger partial charge in [-0.2, -0.15) is 5.10 Å². The van der Waals surface area contributed by atoms with Crippen molar-refractivity contribution in [3.63, 3.8) is 0 Å². The third-order valence-corrected chi connectivity index (χ3v) is 3.20. The van der Waals surface area contributed by atoms with Gasteiger partial charge in [-0.1, -0.05) is 13.8 Å². The Bertz CT molecular complexity index is 553. The van der Waals surface area contributed by atoms with E-state index in [0.29, 0.717) is 24.0 Å². The van der Waals surface area contributed by atoms with Gasteiger partial charge in [0.25, 0.3) is 0 Å². The monoisotopic (exact) mass is 324 g/mol. The molecule has 2 rings (SSSR count). The van der Waals surface area contributed by atoms with Crippen LogP contribution in [0.15, 0.2) is 29.0 Å². The van der Waals surface area contributed by atoms with Gasteiger partial charge < -0.3 is 10.5 Å². The fraction of sp³-hybridized carbons (Fsp3) is 0.385. The smallest absolute Gasteiger partial charge is 0.164 e. The minimum absolute atomic E-state index is 0.370. The topological polar surface area (TPSA) is 66.0 Å². The quantitative estimate of drug-likeness (QED) is 0.859. The average molecular weight is 325 g/mol. The van der Waals surface area contributed by atoms with Gasteiger partial charge in [0.1, 0.15) is 18.7 Å². The second kappa shape index (κ2) is 6.06. The maximum absolute atomic E-state index is 5.74. The van der Waals surface area contributed by atoms with Crippen LogP contribution in [0.4, 0.5) is 5.69 Å². The number of aromatic nitrogens is 3. The zero-order chi connectivity index (χ0) is 13.8. The molecule has 0 saturated carbocycles. The van der Waals surface area contributed by atoms with Crippen molar-refractivity contribution in [2.45, 2.75) is 27.0 Å². The summed E-state index contributed by atoms with van der Waals surface area (Å²) in [6.45, 7) is 5.48. The van der Waals surface area contributed by atoms with Crippen molar-refractivity contribution in [1.82, 2.24) is 14.8 Å². The molecule has 102 valence electrons. The van der Waals surface area contributed by atoms with Crippen LogP contribution in [-0.4, -0.2) is 14.8 Å².